The number of hydrogen-bond donors (Lipinski definition) is 1. The molecule has 31 heavy (non-hydrogen) atoms. The number of para-hydroxylation sites is 1. The minimum absolute atomic E-state index is 0.166. The molecule has 0 aliphatic rings. The maximum absolute atomic E-state index is 12.6. The van der Waals surface area contributed by atoms with Crippen LogP contribution in [-0.2, 0) is 9.53 Å². The molecule has 2 aromatic carbocycles. The quantitative estimate of drug-likeness (QED) is 0.486. The second-order valence-electron chi connectivity index (χ2n) is 6.79. The molecule has 0 unspecified atom stereocenters. The van der Waals surface area contributed by atoms with Gasteiger partial charge in [-0.05, 0) is 50.1 Å². The highest BCUT2D eigenvalue weighted by atomic mass is 32.1. The van der Waals surface area contributed by atoms with E-state index in [2.05, 4.69) is 5.32 Å². The van der Waals surface area contributed by atoms with E-state index in [0.717, 1.165) is 27.3 Å². The predicted molar refractivity (Wildman–Crippen MR) is 122 cm³/mol. The first-order valence-electron chi connectivity index (χ1n) is 9.87. The van der Waals surface area contributed by atoms with Crippen molar-refractivity contribution in [1.29, 1.82) is 0 Å². The van der Waals surface area contributed by atoms with Crippen LogP contribution in [0.1, 0.15) is 27.7 Å². The second-order valence-corrected chi connectivity index (χ2v) is 8.01. The van der Waals surface area contributed by atoms with Gasteiger partial charge in [0.15, 0.2) is 6.61 Å². The van der Waals surface area contributed by atoms with E-state index in [4.69, 9.17) is 14.2 Å². The van der Waals surface area contributed by atoms with Gasteiger partial charge in [0.05, 0.1) is 13.7 Å². The fourth-order valence-corrected chi connectivity index (χ4v) is 4.27. The molecule has 0 atom stereocenters. The first-order chi connectivity index (χ1) is 14.9. The van der Waals surface area contributed by atoms with E-state index in [0.29, 0.717) is 22.9 Å². The summed E-state index contributed by atoms with van der Waals surface area (Å²) in [6.07, 6.45) is 0. The topological polar surface area (TPSA) is 73.9 Å². The summed E-state index contributed by atoms with van der Waals surface area (Å²) in [4.78, 5) is 26.0. The van der Waals surface area contributed by atoms with Crippen molar-refractivity contribution < 1.29 is 23.8 Å². The number of hydrogen-bond acceptors (Lipinski definition) is 6. The molecule has 3 aromatic rings. The average Bonchev–Trinajstić information content (AvgIpc) is 3.08. The Morgan fingerprint density at radius 2 is 1.71 bits per heavy atom. The summed E-state index contributed by atoms with van der Waals surface area (Å²) in [5.41, 5.74) is 2.85. The van der Waals surface area contributed by atoms with E-state index >= 15 is 0 Å². The molecule has 6 nitrogen and oxygen atoms in total. The molecule has 7 heteroatoms. The number of rotatable bonds is 8. The summed E-state index contributed by atoms with van der Waals surface area (Å²) in [6, 6.07) is 15.0. The lowest BCUT2D eigenvalue weighted by atomic mass is 10.0. The monoisotopic (exact) mass is 439 g/mol. The van der Waals surface area contributed by atoms with E-state index < -0.39 is 5.97 Å². The zero-order valence-corrected chi connectivity index (χ0v) is 18.8. The van der Waals surface area contributed by atoms with Crippen molar-refractivity contribution in [2.45, 2.75) is 20.8 Å². The Bertz CT molecular complexity index is 1070. The summed E-state index contributed by atoms with van der Waals surface area (Å²) in [5, 5.41) is 3.24. The second kappa shape index (κ2) is 10.1. The molecule has 1 aromatic heterocycles. The number of aryl methyl sites for hydroxylation is 2. The molecular formula is C24H25NO5S. The lowest BCUT2D eigenvalue weighted by molar-refractivity contribution is -0.118. The minimum atomic E-state index is -0.511. The number of amides is 1. The van der Waals surface area contributed by atoms with Gasteiger partial charge in [-0.3, -0.25) is 4.79 Å². The van der Waals surface area contributed by atoms with Gasteiger partial charge < -0.3 is 19.5 Å². The van der Waals surface area contributed by atoms with Crippen molar-refractivity contribution in [2.24, 2.45) is 0 Å². The first kappa shape index (κ1) is 22.4. The van der Waals surface area contributed by atoms with Crippen LogP contribution in [0.4, 0.5) is 5.00 Å². The van der Waals surface area contributed by atoms with E-state index in [1.165, 1.54) is 18.4 Å². The third-order valence-electron chi connectivity index (χ3n) is 4.63. The molecule has 0 saturated carbocycles. The summed E-state index contributed by atoms with van der Waals surface area (Å²) in [5.74, 6) is 0.528. The van der Waals surface area contributed by atoms with Crippen molar-refractivity contribution in [3.8, 4) is 22.6 Å². The third-order valence-corrected chi connectivity index (χ3v) is 5.65. The lowest BCUT2D eigenvalue weighted by Crippen LogP contribution is -2.21. The fraction of sp³-hybridized carbons (Fsp3) is 0.250. The highest BCUT2D eigenvalue weighted by Crippen LogP contribution is 2.40. The molecule has 0 bridgehead atoms. The molecule has 0 aliphatic heterocycles. The number of carbonyl (C=O) groups excluding carboxylic acids is 2. The minimum Gasteiger partial charge on any atom is -0.494 e. The summed E-state index contributed by atoms with van der Waals surface area (Å²) >= 11 is 1.33. The molecule has 0 radical (unpaired) electrons. The Labute approximate surface area is 185 Å². The van der Waals surface area contributed by atoms with Crippen LogP contribution < -0.4 is 14.8 Å². The maximum Gasteiger partial charge on any atom is 0.341 e. The Morgan fingerprint density at radius 3 is 2.35 bits per heavy atom. The first-order valence-corrected chi connectivity index (χ1v) is 10.7. The molecule has 0 spiro atoms. The Balaban J connectivity index is 1.85. The average molecular weight is 440 g/mol. The number of esters is 1. The molecule has 1 amide bonds. The Morgan fingerprint density at radius 1 is 1.00 bits per heavy atom. The van der Waals surface area contributed by atoms with Crippen LogP contribution in [0.15, 0.2) is 48.5 Å². The van der Waals surface area contributed by atoms with Gasteiger partial charge in [-0.25, -0.2) is 4.79 Å². The van der Waals surface area contributed by atoms with Gasteiger partial charge in [0.1, 0.15) is 22.1 Å². The number of thiophene rings is 1. The van der Waals surface area contributed by atoms with Gasteiger partial charge in [-0.1, -0.05) is 30.3 Å². The number of methoxy groups -OCH3 is 1. The molecule has 3 rings (SSSR count). The van der Waals surface area contributed by atoms with Crippen molar-refractivity contribution in [3.63, 3.8) is 0 Å². The number of anilines is 1. The number of benzene rings is 2. The number of carbonyl (C=O) groups is 2. The Kier molecular flexibility index (Phi) is 7.31. The third kappa shape index (κ3) is 5.24. The standard InChI is InChI=1S/C24H25NO5S/c1-5-29-18-12-10-17(11-13-18)21-16(3)31-23(22(21)24(27)28-4)25-20(26)14-30-19-9-7-6-8-15(19)2/h6-13H,5,14H2,1-4H3,(H,25,26). The molecule has 1 N–H and O–H groups in total. The van der Waals surface area contributed by atoms with Crippen molar-refractivity contribution in [3.05, 3.63) is 64.5 Å². The fourth-order valence-electron chi connectivity index (χ4n) is 3.19. The van der Waals surface area contributed by atoms with Gasteiger partial charge in [0, 0.05) is 10.4 Å². The van der Waals surface area contributed by atoms with Crippen molar-refractivity contribution in [2.75, 3.05) is 25.6 Å². The van der Waals surface area contributed by atoms with Crippen LogP contribution in [0.3, 0.4) is 0 Å². The number of ether oxygens (including phenoxy) is 3. The van der Waals surface area contributed by atoms with Gasteiger partial charge >= 0.3 is 5.97 Å². The summed E-state index contributed by atoms with van der Waals surface area (Å²) in [7, 11) is 1.32. The number of nitrogens with one attached hydrogen (secondary N) is 1. The van der Waals surface area contributed by atoms with E-state index in [1.807, 2.05) is 69.3 Å². The zero-order chi connectivity index (χ0) is 22.4. The molecule has 0 fully saturated rings. The summed E-state index contributed by atoms with van der Waals surface area (Å²) in [6.45, 7) is 6.15. The highest BCUT2D eigenvalue weighted by Gasteiger charge is 2.25. The van der Waals surface area contributed by atoms with Crippen LogP contribution in [0, 0.1) is 13.8 Å². The van der Waals surface area contributed by atoms with Crippen molar-refractivity contribution >= 4 is 28.2 Å². The maximum atomic E-state index is 12.6. The van der Waals surface area contributed by atoms with Crippen LogP contribution in [0.2, 0.25) is 0 Å². The van der Waals surface area contributed by atoms with Crippen LogP contribution in [0.25, 0.3) is 11.1 Å². The zero-order valence-electron chi connectivity index (χ0n) is 18.0. The van der Waals surface area contributed by atoms with Crippen LogP contribution in [0.5, 0.6) is 11.5 Å². The smallest absolute Gasteiger partial charge is 0.341 e. The van der Waals surface area contributed by atoms with E-state index in [-0.39, 0.29) is 12.5 Å². The van der Waals surface area contributed by atoms with Gasteiger partial charge in [-0.2, -0.15) is 0 Å². The van der Waals surface area contributed by atoms with Crippen LogP contribution >= 0.6 is 11.3 Å². The van der Waals surface area contributed by atoms with Gasteiger partial charge in [0.25, 0.3) is 5.91 Å². The van der Waals surface area contributed by atoms with Gasteiger partial charge in [-0.15, -0.1) is 11.3 Å². The van der Waals surface area contributed by atoms with Crippen molar-refractivity contribution in [1.82, 2.24) is 0 Å². The molecule has 1 heterocycles. The molecule has 0 saturated heterocycles. The largest absolute Gasteiger partial charge is 0.494 e. The molecular weight excluding hydrogens is 414 g/mol. The SMILES string of the molecule is CCOc1ccc(-c2c(C)sc(NC(=O)COc3ccccc3C)c2C(=O)OC)cc1. The van der Waals surface area contributed by atoms with Gasteiger partial charge in [0.2, 0.25) is 0 Å². The normalized spacial score (nSPS) is 10.5. The highest BCUT2D eigenvalue weighted by molar-refractivity contribution is 7.17. The van der Waals surface area contributed by atoms with Crippen LogP contribution in [-0.4, -0.2) is 32.2 Å². The molecule has 0 aliphatic carbocycles. The summed E-state index contributed by atoms with van der Waals surface area (Å²) < 4.78 is 16.1. The molecule has 162 valence electrons. The lowest BCUT2D eigenvalue weighted by Gasteiger charge is -2.10. The van der Waals surface area contributed by atoms with E-state index in [9.17, 15) is 9.59 Å². The predicted octanol–water partition coefficient (Wildman–Crippen LogP) is 5.23. The van der Waals surface area contributed by atoms with E-state index in [1.54, 1.807) is 0 Å². The Hall–Kier alpha value is -3.32.